The first-order chi connectivity index (χ1) is 17.1. The SMILES string of the molecule is O=C(N[C@@H]1CCCCC1NC(=O)C1CCN(C(=O)COCc2ccccc2)CC1)c1ccccc1. The van der Waals surface area contributed by atoms with Crippen LogP contribution in [-0.4, -0.2) is 54.4 Å². The lowest BCUT2D eigenvalue weighted by atomic mass is 9.88. The second kappa shape index (κ2) is 12.5. The summed E-state index contributed by atoms with van der Waals surface area (Å²) in [5.74, 6) is -0.214. The number of nitrogens with zero attached hydrogens (tertiary/aromatic N) is 1. The van der Waals surface area contributed by atoms with Gasteiger partial charge < -0.3 is 20.3 Å². The van der Waals surface area contributed by atoms with E-state index in [1.54, 1.807) is 17.0 Å². The van der Waals surface area contributed by atoms with Crippen molar-refractivity contribution >= 4 is 17.7 Å². The fourth-order valence-electron chi connectivity index (χ4n) is 4.93. The number of hydrogen-bond acceptors (Lipinski definition) is 4. The van der Waals surface area contributed by atoms with Gasteiger partial charge in [0.05, 0.1) is 6.61 Å². The zero-order chi connectivity index (χ0) is 24.5. The second-order valence-electron chi connectivity index (χ2n) is 9.48. The molecule has 1 heterocycles. The summed E-state index contributed by atoms with van der Waals surface area (Å²) in [4.78, 5) is 39.9. The molecule has 4 rings (SSSR count). The van der Waals surface area contributed by atoms with Crippen LogP contribution in [0.3, 0.4) is 0 Å². The van der Waals surface area contributed by atoms with Crippen molar-refractivity contribution in [2.24, 2.45) is 5.92 Å². The first-order valence-electron chi connectivity index (χ1n) is 12.7. The molecule has 2 fully saturated rings. The summed E-state index contributed by atoms with van der Waals surface area (Å²) in [6, 6.07) is 18.8. The third-order valence-corrected chi connectivity index (χ3v) is 7.00. The Morgan fingerprint density at radius 1 is 0.800 bits per heavy atom. The molecule has 2 aromatic carbocycles. The van der Waals surface area contributed by atoms with E-state index < -0.39 is 0 Å². The number of ether oxygens (including phenoxy) is 1. The lowest BCUT2D eigenvalue weighted by molar-refractivity contribution is -0.140. The molecule has 2 atom stereocenters. The van der Waals surface area contributed by atoms with Gasteiger partial charge in [-0.05, 0) is 43.4 Å². The molecule has 3 amide bonds. The van der Waals surface area contributed by atoms with Crippen LogP contribution < -0.4 is 10.6 Å². The number of amides is 3. The number of carbonyl (C=O) groups is 3. The first kappa shape index (κ1) is 24.9. The lowest BCUT2D eigenvalue weighted by Crippen LogP contribution is -2.55. The molecule has 35 heavy (non-hydrogen) atoms. The lowest BCUT2D eigenvalue weighted by Gasteiger charge is -2.36. The van der Waals surface area contributed by atoms with E-state index in [1.165, 1.54) is 0 Å². The maximum atomic E-state index is 13.0. The number of rotatable bonds is 8. The molecular weight excluding hydrogens is 442 g/mol. The van der Waals surface area contributed by atoms with Crippen LogP contribution in [-0.2, 0) is 20.9 Å². The van der Waals surface area contributed by atoms with E-state index in [-0.39, 0.29) is 42.3 Å². The highest BCUT2D eigenvalue weighted by atomic mass is 16.5. The van der Waals surface area contributed by atoms with Gasteiger partial charge in [-0.2, -0.15) is 0 Å². The molecule has 7 heteroatoms. The van der Waals surface area contributed by atoms with Gasteiger partial charge in [-0.1, -0.05) is 61.4 Å². The molecule has 1 saturated heterocycles. The summed E-state index contributed by atoms with van der Waals surface area (Å²) < 4.78 is 5.58. The summed E-state index contributed by atoms with van der Waals surface area (Å²) in [6.45, 7) is 1.58. The fraction of sp³-hybridized carbons (Fsp3) is 0.464. The van der Waals surface area contributed by atoms with E-state index in [4.69, 9.17) is 4.74 Å². The van der Waals surface area contributed by atoms with Crippen molar-refractivity contribution in [2.75, 3.05) is 19.7 Å². The highest BCUT2D eigenvalue weighted by Gasteiger charge is 2.32. The normalized spacial score (nSPS) is 20.7. The van der Waals surface area contributed by atoms with E-state index in [2.05, 4.69) is 10.6 Å². The number of benzene rings is 2. The minimum absolute atomic E-state index is 0.0308. The average Bonchev–Trinajstić information content (AvgIpc) is 2.91. The third kappa shape index (κ3) is 7.15. The predicted octanol–water partition coefficient (Wildman–Crippen LogP) is 3.30. The van der Waals surface area contributed by atoms with Gasteiger partial charge in [0.25, 0.3) is 5.91 Å². The highest BCUT2D eigenvalue weighted by Crippen LogP contribution is 2.22. The highest BCUT2D eigenvalue weighted by molar-refractivity contribution is 5.94. The van der Waals surface area contributed by atoms with Gasteiger partial charge in [0.2, 0.25) is 11.8 Å². The molecule has 2 aliphatic rings. The van der Waals surface area contributed by atoms with Crippen molar-refractivity contribution < 1.29 is 19.1 Å². The van der Waals surface area contributed by atoms with E-state index in [9.17, 15) is 14.4 Å². The van der Waals surface area contributed by atoms with Crippen molar-refractivity contribution in [1.82, 2.24) is 15.5 Å². The van der Waals surface area contributed by atoms with Crippen LogP contribution in [0.1, 0.15) is 54.4 Å². The number of likely N-dealkylation sites (tertiary alicyclic amines) is 1. The molecule has 2 aromatic rings. The van der Waals surface area contributed by atoms with Crippen molar-refractivity contribution in [3.63, 3.8) is 0 Å². The van der Waals surface area contributed by atoms with E-state index in [0.717, 1.165) is 31.2 Å². The largest absolute Gasteiger partial charge is 0.367 e. The standard InChI is InChI=1S/C28H35N3O4/c32-26(20-35-19-21-9-3-1-4-10-21)31-17-15-23(16-18-31)28(34)30-25-14-8-7-13-24(25)29-27(33)22-11-5-2-6-12-22/h1-6,9-12,23-25H,7-8,13-20H2,(H,29,33)(H,30,34)/t24-,25?/m1/s1. The smallest absolute Gasteiger partial charge is 0.251 e. The Morgan fingerprint density at radius 2 is 1.40 bits per heavy atom. The van der Waals surface area contributed by atoms with Crippen molar-refractivity contribution in [3.05, 3.63) is 71.8 Å². The van der Waals surface area contributed by atoms with E-state index in [0.29, 0.717) is 38.1 Å². The molecule has 0 spiro atoms. The zero-order valence-corrected chi connectivity index (χ0v) is 20.2. The monoisotopic (exact) mass is 477 g/mol. The van der Waals surface area contributed by atoms with Gasteiger partial charge in [0.15, 0.2) is 0 Å². The van der Waals surface area contributed by atoms with Gasteiger partial charge in [0, 0.05) is 36.7 Å². The number of carbonyl (C=O) groups excluding carboxylic acids is 3. The Labute approximate surface area is 207 Å². The molecule has 1 saturated carbocycles. The van der Waals surface area contributed by atoms with Crippen LogP contribution >= 0.6 is 0 Å². The van der Waals surface area contributed by atoms with E-state index in [1.807, 2.05) is 48.5 Å². The summed E-state index contributed by atoms with van der Waals surface area (Å²) in [7, 11) is 0. The van der Waals surface area contributed by atoms with Gasteiger partial charge in [-0.3, -0.25) is 14.4 Å². The molecule has 7 nitrogen and oxygen atoms in total. The minimum Gasteiger partial charge on any atom is -0.367 e. The summed E-state index contributed by atoms with van der Waals surface area (Å²) >= 11 is 0. The summed E-state index contributed by atoms with van der Waals surface area (Å²) in [5, 5.41) is 6.34. The van der Waals surface area contributed by atoms with Crippen molar-refractivity contribution in [1.29, 1.82) is 0 Å². The fourth-order valence-corrected chi connectivity index (χ4v) is 4.93. The molecule has 186 valence electrons. The zero-order valence-electron chi connectivity index (χ0n) is 20.2. The number of nitrogens with one attached hydrogen (secondary N) is 2. The van der Waals surface area contributed by atoms with Gasteiger partial charge in [-0.15, -0.1) is 0 Å². The Balaban J connectivity index is 1.21. The topological polar surface area (TPSA) is 87.7 Å². The van der Waals surface area contributed by atoms with Gasteiger partial charge >= 0.3 is 0 Å². The predicted molar refractivity (Wildman–Crippen MR) is 133 cm³/mol. The van der Waals surface area contributed by atoms with Crippen molar-refractivity contribution in [3.8, 4) is 0 Å². The second-order valence-corrected chi connectivity index (χ2v) is 9.48. The Kier molecular flexibility index (Phi) is 8.90. The minimum atomic E-state index is -0.114. The molecule has 1 unspecified atom stereocenters. The van der Waals surface area contributed by atoms with Gasteiger partial charge in [0.1, 0.15) is 6.61 Å². The molecule has 0 radical (unpaired) electrons. The Morgan fingerprint density at radius 3 is 2.06 bits per heavy atom. The van der Waals surface area contributed by atoms with Crippen LogP contribution in [0, 0.1) is 5.92 Å². The number of piperidine rings is 1. The van der Waals surface area contributed by atoms with Gasteiger partial charge in [-0.25, -0.2) is 0 Å². The Hall–Kier alpha value is -3.19. The van der Waals surface area contributed by atoms with Crippen molar-refractivity contribution in [2.45, 2.75) is 57.2 Å². The first-order valence-corrected chi connectivity index (χ1v) is 12.7. The molecule has 2 N–H and O–H groups in total. The summed E-state index contributed by atoms with van der Waals surface area (Å²) in [6.07, 6.45) is 5.09. The maximum Gasteiger partial charge on any atom is 0.251 e. The molecule has 1 aliphatic heterocycles. The van der Waals surface area contributed by atoms with Crippen LogP contribution in [0.25, 0.3) is 0 Å². The number of hydrogen-bond donors (Lipinski definition) is 2. The van der Waals surface area contributed by atoms with Crippen LogP contribution in [0.15, 0.2) is 60.7 Å². The average molecular weight is 478 g/mol. The molecular formula is C28H35N3O4. The molecule has 1 aliphatic carbocycles. The molecule has 0 aromatic heterocycles. The van der Waals surface area contributed by atoms with Crippen LogP contribution in [0.5, 0.6) is 0 Å². The van der Waals surface area contributed by atoms with Crippen LogP contribution in [0.2, 0.25) is 0 Å². The quantitative estimate of drug-likeness (QED) is 0.611. The maximum absolute atomic E-state index is 13.0. The van der Waals surface area contributed by atoms with Crippen LogP contribution in [0.4, 0.5) is 0 Å². The van der Waals surface area contributed by atoms with E-state index >= 15 is 0 Å². The Bertz CT molecular complexity index is 974. The molecule has 0 bridgehead atoms. The summed E-state index contributed by atoms with van der Waals surface area (Å²) in [5.41, 5.74) is 1.67. The third-order valence-electron chi connectivity index (χ3n) is 7.00.